The van der Waals surface area contributed by atoms with Crippen molar-refractivity contribution in [1.29, 1.82) is 0 Å². The second kappa shape index (κ2) is 6.06. The van der Waals surface area contributed by atoms with Crippen LogP contribution in [0.4, 0.5) is 10.8 Å². The third-order valence-corrected chi connectivity index (χ3v) is 3.30. The maximum Gasteiger partial charge on any atom is 0.325 e. The fourth-order valence-electron chi connectivity index (χ4n) is 1.92. The number of nitrogens with one attached hydrogen (secondary N) is 1. The van der Waals surface area contributed by atoms with Crippen molar-refractivity contribution in [2.75, 3.05) is 18.5 Å². The molecule has 6 heteroatoms. The van der Waals surface area contributed by atoms with E-state index >= 15 is 0 Å². The molecule has 0 aromatic carbocycles. The van der Waals surface area contributed by atoms with Gasteiger partial charge in [0.15, 0.2) is 0 Å². The van der Waals surface area contributed by atoms with Gasteiger partial charge < -0.3 is 14.4 Å². The Morgan fingerprint density at radius 1 is 1.47 bits per heavy atom. The Bertz CT molecular complexity index is 421. The van der Waals surface area contributed by atoms with Crippen molar-refractivity contribution in [3.8, 4) is 0 Å². The van der Waals surface area contributed by atoms with Gasteiger partial charge in [0.05, 0.1) is 5.69 Å². The smallest absolute Gasteiger partial charge is 0.325 e. The van der Waals surface area contributed by atoms with Crippen LogP contribution in [0.2, 0.25) is 0 Å². The van der Waals surface area contributed by atoms with Crippen LogP contribution >= 0.6 is 0 Å². The summed E-state index contributed by atoms with van der Waals surface area (Å²) in [6, 6.07) is 0.422. The molecule has 1 aromatic heterocycles. The summed E-state index contributed by atoms with van der Waals surface area (Å²) in [6.07, 6.45) is 3.63. The molecule has 2 rings (SSSR count). The minimum atomic E-state index is -0.165. The SMILES string of the molecule is Cc1nc(NC(=O)N(CCCCO)C2CC2)oc1C. The van der Waals surface area contributed by atoms with Crippen LogP contribution in [0.15, 0.2) is 4.42 Å². The standard InChI is InChI=1S/C13H21N3O3/c1-9-10(2)19-12(14-9)15-13(18)16(11-5-6-11)7-3-4-8-17/h11,17H,3-8H2,1-2H3,(H,14,15,18). The molecule has 2 N–H and O–H groups in total. The van der Waals surface area contributed by atoms with Crippen molar-refractivity contribution in [2.24, 2.45) is 0 Å². The molecule has 0 aliphatic heterocycles. The van der Waals surface area contributed by atoms with Gasteiger partial charge in [-0.25, -0.2) is 4.79 Å². The highest BCUT2D eigenvalue weighted by Crippen LogP contribution is 2.27. The molecule has 0 spiro atoms. The molecule has 1 aliphatic rings. The first-order valence-corrected chi connectivity index (χ1v) is 6.74. The summed E-state index contributed by atoms with van der Waals surface area (Å²) >= 11 is 0. The van der Waals surface area contributed by atoms with Crippen LogP contribution in [0.3, 0.4) is 0 Å². The average Bonchev–Trinajstić information content (AvgIpc) is 3.13. The quantitative estimate of drug-likeness (QED) is 0.773. The van der Waals surface area contributed by atoms with E-state index in [2.05, 4.69) is 10.3 Å². The predicted octanol–water partition coefficient (Wildman–Crippen LogP) is 2.06. The number of unbranched alkanes of at least 4 members (excludes halogenated alkanes) is 1. The van der Waals surface area contributed by atoms with Crippen molar-refractivity contribution in [3.05, 3.63) is 11.5 Å². The number of nitrogens with zero attached hydrogens (tertiary/aromatic N) is 2. The average molecular weight is 267 g/mol. The monoisotopic (exact) mass is 267 g/mol. The van der Waals surface area contributed by atoms with E-state index in [0.29, 0.717) is 24.8 Å². The minimum Gasteiger partial charge on any atom is -0.428 e. The van der Waals surface area contributed by atoms with Crippen LogP contribution in [0.5, 0.6) is 0 Å². The van der Waals surface area contributed by atoms with Crippen molar-refractivity contribution < 1.29 is 14.3 Å². The van der Waals surface area contributed by atoms with Crippen molar-refractivity contribution >= 4 is 12.0 Å². The number of rotatable bonds is 6. The normalized spacial score (nSPS) is 14.5. The van der Waals surface area contributed by atoms with E-state index in [0.717, 1.165) is 25.0 Å². The summed E-state index contributed by atoms with van der Waals surface area (Å²) in [6.45, 7) is 4.49. The fraction of sp³-hybridized carbons (Fsp3) is 0.692. The summed E-state index contributed by atoms with van der Waals surface area (Å²) in [5, 5.41) is 11.5. The highest BCUT2D eigenvalue weighted by molar-refractivity contribution is 5.87. The zero-order valence-corrected chi connectivity index (χ0v) is 11.5. The summed E-state index contributed by atoms with van der Waals surface area (Å²) in [5.74, 6) is 0.716. The van der Waals surface area contributed by atoms with E-state index < -0.39 is 0 Å². The second-order valence-electron chi connectivity index (χ2n) is 4.95. The highest BCUT2D eigenvalue weighted by Gasteiger charge is 2.32. The third-order valence-electron chi connectivity index (χ3n) is 3.30. The Kier molecular flexibility index (Phi) is 4.42. The van der Waals surface area contributed by atoms with E-state index in [1.165, 1.54) is 0 Å². The van der Waals surface area contributed by atoms with Crippen molar-refractivity contribution in [1.82, 2.24) is 9.88 Å². The molecule has 1 aliphatic carbocycles. The van der Waals surface area contributed by atoms with Gasteiger partial charge in [0.1, 0.15) is 5.76 Å². The molecular formula is C13H21N3O3. The summed E-state index contributed by atoms with van der Waals surface area (Å²) in [4.78, 5) is 18.1. The summed E-state index contributed by atoms with van der Waals surface area (Å²) in [7, 11) is 0. The number of aliphatic hydroxyl groups is 1. The van der Waals surface area contributed by atoms with Crippen LogP contribution in [-0.2, 0) is 0 Å². The zero-order valence-electron chi connectivity index (χ0n) is 11.5. The second-order valence-corrected chi connectivity index (χ2v) is 4.95. The molecular weight excluding hydrogens is 246 g/mol. The number of carbonyl (C=O) groups excluding carboxylic acids is 1. The van der Waals surface area contributed by atoms with Gasteiger partial charge in [0.2, 0.25) is 0 Å². The lowest BCUT2D eigenvalue weighted by Crippen LogP contribution is -2.37. The number of carbonyl (C=O) groups is 1. The first kappa shape index (κ1) is 13.9. The lowest BCUT2D eigenvalue weighted by Gasteiger charge is -2.21. The van der Waals surface area contributed by atoms with E-state index in [-0.39, 0.29) is 18.7 Å². The zero-order chi connectivity index (χ0) is 13.8. The van der Waals surface area contributed by atoms with Gasteiger partial charge in [0, 0.05) is 19.2 Å². The lowest BCUT2D eigenvalue weighted by atomic mass is 10.3. The molecule has 1 aromatic rings. The number of amides is 2. The molecule has 0 unspecified atom stereocenters. The Hall–Kier alpha value is -1.56. The predicted molar refractivity (Wildman–Crippen MR) is 71.0 cm³/mol. The van der Waals surface area contributed by atoms with Gasteiger partial charge in [-0.2, -0.15) is 4.98 Å². The van der Waals surface area contributed by atoms with Crippen LogP contribution in [0.1, 0.15) is 37.1 Å². The van der Waals surface area contributed by atoms with Gasteiger partial charge in [0.25, 0.3) is 0 Å². The third kappa shape index (κ3) is 3.70. The van der Waals surface area contributed by atoms with E-state index in [4.69, 9.17) is 9.52 Å². The molecule has 0 saturated heterocycles. The number of aromatic nitrogens is 1. The van der Waals surface area contributed by atoms with Gasteiger partial charge in [-0.05, 0) is 39.5 Å². The molecule has 1 fully saturated rings. The van der Waals surface area contributed by atoms with Gasteiger partial charge in [-0.15, -0.1) is 0 Å². The number of aryl methyl sites for hydroxylation is 2. The minimum absolute atomic E-state index is 0.165. The van der Waals surface area contributed by atoms with Crippen molar-refractivity contribution in [2.45, 2.75) is 45.6 Å². The van der Waals surface area contributed by atoms with Gasteiger partial charge in [-0.3, -0.25) is 5.32 Å². The molecule has 2 amide bonds. The van der Waals surface area contributed by atoms with E-state index in [1.807, 2.05) is 18.7 Å². The number of hydrogen-bond donors (Lipinski definition) is 2. The summed E-state index contributed by atoms with van der Waals surface area (Å²) < 4.78 is 5.35. The molecule has 106 valence electrons. The first-order valence-electron chi connectivity index (χ1n) is 6.74. The fourth-order valence-corrected chi connectivity index (χ4v) is 1.92. The van der Waals surface area contributed by atoms with Crippen LogP contribution < -0.4 is 5.32 Å². The molecule has 1 saturated carbocycles. The molecule has 0 atom stereocenters. The van der Waals surface area contributed by atoms with Crippen molar-refractivity contribution in [3.63, 3.8) is 0 Å². The number of hydrogen-bond acceptors (Lipinski definition) is 4. The van der Waals surface area contributed by atoms with E-state index in [9.17, 15) is 4.79 Å². The largest absolute Gasteiger partial charge is 0.428 e. The topological polar surface area (TPSA) is 78.6 Å². The van der Waals surface area contributed by atoms with Crippen LogP contribution in [-0.4, -0.2) is 40.2 Å². The first-order chi connectivity index (χ1) is 9.11. The molecule has 0 bridgehead atoms. The Labute approximate surface area is 112 Å². The number of urea groups is 1. The maximum absolute atomic E-state index is 12.2. The molecule has 19 heavy (non-hydrogen) atoms. The van der Waals surface area contributed by atoms with Gasteiger partial charge in [-0.1, -0.05) is 0 Å². The van der Waals surface area contributed by atoms with E-state index in [1.54, 1.807) is 0 Å². The maximum atomic E-state index is 12.2. The molecule has 1 heterocycles. The lowest BCUT2D eigenvalue weighted by molar-refractivity contribution is 0.203. The summed E-state index contributed by atoms with van der Waals surface area (Å²) in [5.41, 5.74) is 0.786. The van der Waals surface area contributed by atoms with Gasteiger partial charge >= 0.3 is 12.0 Å². The Balaban J connectivity index is 1.91. The number of oxazole rings is 1. The molecule has 0 radical (unpaired) electrons. The molecule has 6 nitrogen and oxygen atoms in total. The Morgan fingerprint density at radius 3 is 2.74 bits per heavy atom. The van der Waals surface area contributed by atoms with Crippen LogP contribution in [0.25, 0.3) is 0 Å². The number of anilines is 1. The Morgan fingerprint density at radius 2 is 2.21 bits per heavy atom. The highest BCUT2D eigenvalue weighted by atomic mass is 16.4. The van der Waals surface area contributed by atoms with Crippen LogP contribution in [0, 0.1) is 13.8 Å². The number of aliphatic hydroxyl groups excluding tert-OH is 1.